The lowest BCUT2D eigenvalue weighted by Gasteiger charge is -2.31. The number of likely N-dealkylation sites (N-methyl/N-ethyl adjacent to an activating group) is 1. The van der Waals surface area contributed by atoms with Gasteiger partial charge in [0.1, 0.15) is 0 Å². The van der Waals surface area contributed by atoms with E-state index in [1.54, 1.807) is 4.90 Å². The fourth-order valence-electron chi connectivity index (χ4n) is 2.73. The van der Waals surface area contributed by atoms with Gasteiger partial charge in [0.2, 0.25) is 5.91 Å². The number of hydrogen-bond donors (Lipinski definition) is 2. The molecule has 0 bridgehead atoms. The summed E-state index contributed by atoms with van der Waals surface area (Å²) in [6.45, 7) is 6.69. The van der Waals surface area contributed by atoms with Gasteiger partial charge in [-0.25, -0.2) is 0 Å². The van der Waals surface area contributed by atoms with Gasteiger partial charge in [0.15, 0.2) is 5.96 Å². The molecule has 1 amide bonds. The lowest BCUT2D eigenvalue weighted by atomic mass is 10.1. The predicted octanol–water partition coefficient (Wildman–Crippen LogP) is 2.10. The SMILES string of the molecule is CCNC(=NCC(C)Cc1cccs1)NC1CCC(=O)N(C)C1. The summed E-state index contributed by atoms with van der Waals surface area (Å²) in [6, 6.07) is 4.56. The maximum atomic E-state index is 11.6. The second kappa shape index (κ2) is 8.91. The fourth-order valence-corrected chi connectivity index (χ4v) is 3.60. The van der Waals surface area contributed by atoms with E-state index in [2.05, 4.69) is 42.0 Å². The smallest absolute Gasteiger partial charge is 0.222 e. The molecule has 0 aromatic carbocycles. The zero-order valence-electron chi connectivity index (χ0n) is 14.3. The van der Waals surface area contributed by atoms with Crippen LogP contribution in [0.3, 0.4) is 0 Å². The molecule has 2 unspecified atom stereocenters. The number of carbonyl (C=O) groups is 1. The lowest BCUT2D eigenvalue weighted by molar-refractivity contribution is -0.132. The van der Waals surface area contributed by atoms with Crippen LogP contribution in [-0.4, -0.2) is 49.5 Å². The minimum Gasteiger partial charge on any atom is -0.357 e. The molecule has 23 heavy (non-hydrogen) atoms. The summed E-state index contributed by atoms with van der Waals surface area (Å²) in [5, 5.41) is 8.90. The van der Waals surface area contributed by atoms with Crippen LogP contribution in [0.15, 0.2) is 22.5 Å². The quantitative estimate of drug-likeness (QED) is 0.618. The van der Waals surface area contributed by atoms with Crippen molar-refractivity contribution < 1.29 is 4.79 Å². The maximum Gasteiger partial charge on any atom is 0.222 e. The van der Waals surface area contributed by atoms with Crippen LogP contribution in [0.2, 0.25) is 0 Å². The molecule has 2 atom stereocenters. The number of piperidine rings is 1. The highest BCUT2D eigenvalue weighted by molar-refractivity contribution is 7.09. The normalized spacial score (nSPS) is 20.5. The Morgan fingerprint density at radius 1 is 1.57 bits per heavy atom. The summed E-state index contributed by atoms with van der Waals surface area (Å²) in [7, 11) is 1.86. The van der Waals surface area contributed by atoms with E-state index in [0.717, 1.165) is 38.4 Å². The molecule has 0 radical (unpaired) electrons. The molecule has 128 valence electrons. The molecule has 2 rings (SSSR count). The van der Waals surface area contributed by atoms with Crippen molar-refractivity contribution in [2.45, 2.75) is 39.2 Å². The van der Waals surface area contributed by atoms with Gasteiger partial charge in [0, 0.05) is 44.0 Å². The third kappa shape index (κ3) is 5.86. The number of carbonyl (C=O) groups excluding carboxylic acids is 1. The fraction of sp³-hybridized carbons (Fsp3) is 0.647. The van der Waals surface area contributed by atoms with Gasteiger partial charge in [-0.1, -0.05) is 13.0 Å². The second-order valence-electron chi connectivity index (χ2n) is 6.26. The number of thiophene rings is 1. The maximum absolute atomic E-state index is 11.6. The molecule has 1 aliphatic rings. The topological polar surface area (TPSA) is 56.7 Å². The molecule has 1 fully saturated rings. The van der Waals surface area contributed by atoms with Crippen LogP contribution < -0.4 is 10.6 Å². The largest absolute Gasteiger partial charge is 0.357 e. The van der Waals surface area contributed by atoms with E-state index in [1.807, 2.05) is 18.4 Å². The highest BCUT2D eigenvalue weighted by Crippen LogP contribution is 2.14. The van der Waals surface area contributed by atoms with E-state index in [9.17, 15) is 4.79 Å². The molecule has 6 heteroatoms. The Bertz CT molecular complexity index is 515. The van der Waals surface area contributed by atoms with Crippen molar-refractivity contribution in [3.05, 3.63) is 22.4 Å². The third-order valence-electron chi connectivity index (χ3n) is 4.00. The molecule has 1 aromatic rings. The van der Waals surface area contributed by atoms with Crippen LogP contribution in [-0.2, 0) is 11.2 Å². The monoisotopic (exact) mass is 336 g/mol. The van der Waals surface area contributed by atoms with Crippen LogP contribution in [0.4, 0.5) is 0 Å². The Morgan fingerprint density at radius 3 is 3.04 bits per heavy atom. The van der Waals surface area contributed by atoms with Crippen molar-refractivity contribution in [2.75, 3.05) is 26.7 Å². The van der Waals surface area contributed by atoms with Crippen molar-refractivity contribution in [1.82, 2.24) is 15.5 Å². The Morgan fingerprint density at radius 2 is 2.39 bits per heavy atom. The lowest BCUT2D eigenvalue weighted by Crippen LogP contribution is -2.51. The van der Waals surface area contributed by atoms with Gasteiger partial charge >= 0.3 is 0 Å². The summed E-state index contributed by atoms with van der Waals surface area (Å²) in [5.74, 6) is 1.60. The van der Waals surface area contributed by atoms with Crippen LogP contribution in [0, 0.1) is 5.92 Å². The van der Waals surface area contributed by atoms with Crippen LogP contribution in [0.25, 0.3) is 0 Å². The van der Waals surface area contributed by atoms with Gasteiger partial charge in [-0.15, -0.1) is 11.3 Å². The number of amides is 1. The number of rotatable bonds is 6. The zero-order chi connectivity index (χ0) is 16.7. The Hall–Kier alpha value is -1.56. The molecule has 0 spiro atoms. The minimum absolute atomic E-state index is 0.231. The van der Waals surface area contributed by atoms with Crippen LogP contribution in [0.1, 0.15) is 31.6 Å². The molecular formula is C17H28N4OS. The summed E-state index contributed by atoms with van der Waals surface area (Å²) in [5.41, 5.74) is 0. The van der Waals surface area contributed by atoms with E-state index in [0.29, 0.717) is 12.3 Å². The van der Waals surface area contributed by atoms with E-state index in [4.69, 9.17) is 4.99 Å². The van der Waals surface area contributed by atoms with Crippen molar-refractivity contribution in [2.24, 2.45) is 10.9 Å². The zero-order valence-corrected chi connectivity index (χ0v) is 15.2. The van der Waals surface area contributed by atoms with Gasteiger partial charge in [0.25, 0.3) is 0 Å². The van der Waals surface area contributed by atoms with Crippen molar-refractivity contribution >= 4 is 23.2 Å². The van der Waals surface area contributed by atoms with E-state index < -0.39 is 0 Å². The molecule has 1 aromatic heterocycles. The summed E-state index contributed by atoms with van der Waals surface area (Å²) in [4.78, 5) is 19.5. The summed E-state index contributed by atoms with van der Waals surface area (Å²) < 4.78 is 0. The summed E-state index contributed by atoms with van der Waals surface area (Å²) >= 11 is 1.81. The first-order valence-electron chi connectivity index (χ1n) is 8.39. The first kappa shape index (κ1) is 17.8. The molecule has 2 N–H and O–H groups in total. The van der Waals surface area contributed by atoms with Gasteiger partial charge < -0.3 is 15.5 Å². The Labute approximate surface area is 143 Å². The van der Waals surface area contributed by atoms with Crippen molar-refractivity contribution in [1.29, 1.82) is 0 Å². The van der Waals surface area contributed by atoms with Crippen LogP contribution in [0.5, 0.6) is 0 Å². The number of hydrogen-bond acceptors (Lipinski definition) is 3. The van der Waals surface area contributed by atoms with Crippen molar-refractivity contribution in [3.8, 4) is 0 Å². The standard InChI is InChI=1S/C17H28N4OS/c1-4-18-17(20-14-7-8-16(22)21(3)12-14)19-11-13(2)10-15-6-5-9-23-15/h5-6,9,13-14H,4,7-8,10-12H2,1-3H3,(H2,18,19,20). The molecule has 2 heterocycles. The molecule has 0 aliphatic carbocycles. The highest BCUT2D eigenvalue weighted by Gasteiger charge is 2.23. The highest BCUT2D eigenvalue weighted by atomic mass is 32.1. The Balaban J connectivity index is 1.85. The average Bonchev–Trinajstić information content (AvgIpc) is 3.02. The van der Waals surface area contributed by atoms with Crippen molar-refractivity contribution in [3.63, 3.8) is 0 Å². The number of nitrogens with one attached hydrogen (secondary N) is 2. The number of guanidine groups is 1. The van der Waals surface area contributed by atoms with Crippen LogP contribution >= 0.6 is 11.3 Å². The van der Waals surface area contributed by atoms with E-state index in [-0.39, 0.29) is 11.9 Å². The summed E-state index contributed by atoms with van der Waals surface area (Å²) in [6.07, 6.45) is 2.56. The molecule has 5 nitrogen and oxygen atoms in total. The second-order valence-corrected chi connectivity index (χ2v) is 7.29. The number of nitrogens with zero attached hydrogens (tertiary/aromatic N) is 2. The van der Waals surface area contributed by atoms with Gasteiger partial charge in [0.05, 0.1) is 0 Å². The van der Waals surface area contributed by atoms with Gasteiger partial charge in [-0.05, 0) is 37.1 Å². The first-order valence-corrected chi connectivity index (χ1v) is 9.27. The van der Waals surface area contributed by atoms with Gasteiger partial charge in [-0.3, -0.25) is 9.79 Å². The molecule has 1 aliphatic heterocycles. The average molecular weight is 337 g/mol. The predicted molar refractivity (Wildman–Crippen MR) is 97.0 cm³/mol. The minimum atomic E-state index is 0.231. The van der Waals surface area contributed by atoms with Gasteiger partial charge in [-0.2, -0.15) is 0 Å². The first-order chi connectivity index (χ1) is 11.1. The van der Waals surface area contributed by atoms with E-state index >= 15 is 0 Å². The molecule has 0 saturated carbocycles. The third-order valence-corrected chi connectivity index (χ3v) is 4.90. The number of likely N-dealkylation sites (tertiary alicyclic amines) is 1. The molecule has 1 saturated heterocycles. The number of aliphatic imine (C=N–C) groups is 1. The van der Waals surface area contributed by atoms with E-state index in [1.165, 1.54) is 4.88 Å². The Kier molecular flexibility index (Phi) is 6.89. The molecular weight excluding hydrogens is 308 g/mol.